The third kappa shape index (κ3) is 5.09. The molecule has 0 atom stereocenters. The molecule has 0 aliphatic heterocycles. The highest BCUT2D eigenvalue weighted by molar-refractivity contribution is 6.09. The number of hydrogen-bond donors (Lipinski definition) is 2. The van der Waals surface area contributed by atoms with Gasteiger partial charge in [0.2, 0.25) is 0 Å². The summed E-state index contributed by atoms with van der Waals surface area (Å²) in [5.41, 5.74) is 4.39. The molecule has 0 bridgehead atoms. The van der Waals surface area contributed by atoms with Crippen molar-refractivity contribution in [2.75, 3.05) is 19.5 Å². The topological polar surface area (TPSA) is 81.7 Å². The molecule has 170 valence electrons. The maximum Gasteiger partial charge on any atom is 0.407 e. The molecule has 1 amide bonds. The number of pyridine rings is 1. The van der Waals surface area contributed by atoms with E-state index in [1.807, 2.05) is 74.5 Å². The van der Waals surface area contributed by atoms with Gasteiger partial charge in [-0.15, -0.1) is 0 Å². The van der Waals surface area contributed by atoms with E-state index in [1.54, 1.807) is 14.2 Å². The van der Waals surface area contributed by atoms with E-state index in [1.165, 1.54) is 0 Å². The highest BCUT2D eigenvalue weighted by Crippen LogP contribution is 2.36. The minimum Gasteiger partial charge on any atom is -0.497 e. The number of carbonyl (C=O) groups is 1. The van der Waals surface area contributed by atoms with Crippen LogP contribution in [0.1, 0.15) is 19.4 Å². The number of hydrogen-bond acceptors (Lipinski definition) is 6. The number of rotatable bonds is 7. The summed E-state index contributed by atoms with van der Waals surface area (Å²) in [6, 6.07) is 19.5. The van der Waals surface area contributed by atoms with Gasteiger partial charge >= 0.3 is 6.09 Å². The van der Waals surface area contributed by atoms with E-state index in [2.05, 4.69) is 10.6 Å². The highest BCUT2D eigenvalue weighted by atomic mass is 16.5. The Kier molecular flexibility index (Phi) is 6.49. The summed E-state index contributed by atoms with van der Waals surface area (Å²) < 4.78 is 16.0. The average molecular weight is 446 g/mol. The fraction of sp³-hybridized carbons (Fsp3) is 0.231. The molecule has 0 spiro atoms. The summed E-state index contributed by atoms with van der Waals surface area (Å²) in [4.78, 5) is 16.5. The number of benzene rings is 3. The van der Waals surface area contributed by atoms with E-state index in [-0.39, 0.29) is 12.6 Å². The average Bonchev–Trinajstić information content (AvgIpc) is 2.82. The lowest BCUT2D eigenvalue weighted by atomic mass is 10.1. The van der Waals surface area contributed by atoms with Crippen molar-refractivity contribution in [3.63, 3.8) is 0 Å². The predicted octanol–water partition coefficient (Wildman–Crippen LogP) is 5.78. The van der Waals surface area contributed by atoms with Crippen LogP contribution in [0, 0.1) is 0 Å². The van der Waals surface area contributed by atoms with Crippen LogP contribution in [-0.2, 0) is 11.3 Å². The monoisotopic (exact) mass is 445 g/mol. The molecule has 0 aliphatic carbocycles. The third-order valence-electron chi connectivity index (χ3n) is 5.19. The molecular weight excluding hydrogens is 418 g/mol. The smallest absolute Gasteiger partial charge is 0.407 e. The number of alkyl carbamates (subject to hydrolysis) is 1. The Labute approximate surface area is 192 Å². The second kappa shape index (κ2) is 9.65. The Bertz CT molecular complexity index is 1220. The largest absolute Gasteiger partial charge is 0.497 e. The number of carbonyl (C=O) groups excluding carboxylic acids is 1. The van der Waals surface area contributed by atoms with Crippen molar-refractivity contribution in [1.82, 2.24) is 10.3 Å². The van der Waals surface area contributed by atoms with Crippen molar-refractivity contribution < 1.29 is 19.0 Å². The van der Waals surface area contributed by atoms with Crippen LogP contribution >= 0.6 is 0 Å². The van der Waals surface area contributed by atoms with Crippen LogP contribution in [0.25, 0.3) is 21.8 Å². The lowest BCUT2D eigenvalue weighted by Gasteiger charge is -2.15. The zero-order valence-corrected chi connectivity index (χ0v) is 19.1. The molecule has 2 N–H and O–H groups in total. The summed E-state index contributed by atoms with van der Waals surface area (Å²) in [5, 5.41) is 8.21. The Morgan fingerprint density at radius 2 is 1.45 bits per heavy atom. The molecule has 1 aromatic heterocycles. The molecular formula is C26H27N3O4. The number of fused-ring (bicyclic) bond motifs is 2. The zero-order valence-electron chi connectivity index (χ0n) is 19.1. The van der Waals surface area contributed by atoms with Gasteiger partial charge in [-0.3, -0.25) is 0 Å². The summed E-state index contributed by atoms with van der Waals surface area (Å²) in [7, 11) is 3.28. The number of methoxy groups -OCH3 is 2. The Hall–Kier alpha value is -4.00. The number of anilines is 2. The van der Waals surface area contributed by atoms with E-state index in [4.69, 9.17) is 19.2 Å². The van der Waals surface area contributed by atoms with E-state index < -0.39 is 6.09 Å². The molecule has 0 saturated carbocycles. The first-order valence-corrected chi connectivity index (χ1v) is 10.7. The first-order chi connectivity index (χ1) is 16.0. The molecule has 0 aliphatic rings. The number of aromatic nitrogens is 1. The fourth-order valence-corrected chi connectivity index (χ4v) is 3.55. The summed E-state index contributed by atoms with van der Waals surface area (Å²) in [6.07, 6.45) is -0.423. The van der Waals surface area contributed by atoms with Crippen molar-refractivity contribution >= 4 is 39.3 Å². The molecule has 4 aromatic rings. The molecule has 7 nitrogen and oxygen atoms in total. The molecule has 3 aromatic carbocycles. The molecule has 0 saturated heterocycles. The quantitative estimate of drug-likeness (QED) is 0.351. The van der Waals surface area contributed by atoms with Gasteiger partial charge in [0.25, 0.3) is 0 Å². The van der Waals surface area contributed by atoms with Crippen LogP contribution in [0.2, 0.25) is 0 Å². The summed E-state index contributed by atoms with van der Waals surface area (Å²) in [6.45, 7) is 3.99. The number of nitrogens with zero attached hydrogens (tertiary/aromatic N) is 1. The van der Waals surface area contributed by atoms with E-state index in [9.17, 15) is 4.79 Å². The molecule has 1 heterocycles. The van der Waals surface area contributed by atoms with Crippen molar-refractivity contribution in [2.45, 2.75) is 26.5 Å². The lowest BCUT2D eigenvalue weighted by molar-refractivity contribution is 0.137. The molecule has 0 radical (unpaired) electrons. The maximum absolute atomic E-state index is 11.7. The van der Waals surface area contributed by atoms with Crippen LogP contribution in [0.3, 0.4) is 0 Å². The highest BCUT2D eigenvalue weighted by Gasteiger charge is 2.12. The normalized spacial score (nSPS) is 10.9. The first kappa shape index (κ1) is 22.2. The van der Waals surface area contributed by atoms with E-state index >= 15 is 0 Å². The van der Waals surface area contributed by atoms with Gasteiger partial charge in [0.15, 0.2) is 0 Å². The van der Waals surface area contributed by atoms with Crippen LogP contribution in [0.15, 0.2) is 60.7 Å². The van der Waals surface area contributed by atoms with Crippen LogP contribution in [-0.4, -0.2) is 31.3 Å². The minimum atomic E-state index is -0.423. The standard InChI is InChI=1S/C26H27N3O4/c1-16(2)27-26(30)33-15-17-5-7-18(8-6-17)28-25-21-11-9-19(31-3)13-23(21)29-24-14-20(32-4)10-12-22(24)25/h5-14,16H,15H2,1-4H3,(H,27,30)(H,28,29). The van der Waals surface area contributed by atoms with E-state index in [0.717, 1.165) is 50.2 Å². The molecule has 7 heteroatoms. The van der Waals surface area contributed by atoms with Gasteiger partial charge < -0.3 is 24.8 Å². The van der Waals surface area contributed by atoms with Crippen molar-refractivity contribution in [2.24, 2.45) is 0 Å². The lowest BCUT2D eigenvalue weighted by Crippen LogP contribution is -2.30. The van der Waals surface area contributed by atoms with Crippen LogP contribution < -0.4 is 20.1 Å². The van der Waals surface area contributed by atoms with Crippen LogP contribution in [0.4, 0.5) is 16.2 Å². The first-order valence-electron chi connectivity index (χ1n) is 10.7. The third-order valence-corrected chi connectivity index (χ3v) is 5.19. The van der Waals surface area contributed by atoms with Gasteiger partial charge in [-0.25, -0.2) is 9.78 Å². The van der Waals surface area contributed by atoms with Gasteiger partial charge in [-0.1, -0.05) is 12.1 Å². The fourth-order valence-electron chi connectivity index (χ4n) is 3.55. The van der Waals surface area contributed by atoms with Gasteiger partial charge in [-0.05, 0) is 55.8 Å². The Balaban J connectivity index is 1.65. The molecule has 0 unspecified atom stereocenters. The summed E-state index contributed by atoms with van der Waals surface area (Å²) in [5.74, 6) is 1.49. The number of ether oxygens (including phenoxy) is 3. The van der Waals surface area contributed by atoms with E-state index in [0.29, 0.717) is 0 Å². The molecule has 4 rings (SSSR count). The second-order valence-corrected chi connectivity index (χ2v) is 7.95. The molecule has 33 heavy (non-hydrogen) atoms. The van der Waals surface area contributed by atoms with Gasteiger partial charge in [0, 0.05) is 34.6 Å². The zero-order chi connectivity index (χ0) is 23.4. The number of amides is 1. The van der Waals surface area contributed by atoms with Crippen LogP contribution in [0.5, 0.6) is 11.5 Å². The Morgan fingerprint density at radius 3 is 1.97 bits per heavy atom. The maximum atomic E-state index is 11.7. The number of nitrogens with one attached hydrogen (secondary N) is 2. The van der Waals surface area contributed by atoms with Gasteiger partial charge in [0.05, 0.1) is 30.9 Å². The van der Waals surface area contributed by atoms with Gasteiger partial charge in [0.1, 0.15) is 18.1 Å². The van der Waals surface area contributed by atoms with Gasteiger partial charge in [-0.2, -0.15) is 0 Å². The SMILES string of the molecule is COc1ccc2c(Nc3ccc(COC(=O)NC(C)C)cc3)c3ccc(OC)cc3nc2c1. The second-order valence-electron chi connectivity index (χ2n) is 7.95. The van der Waals surface area contributed by atoms with Crippen molar-refractivity contribution in [1.29, 1.82) is 0 Å². The minimum absolute atomic E-state index is 0.0361. The Morgan fingerprint density at radius 1 is 0.879 bits per heavy atom. The van der Waals surface area contributed by atoms with Crippen molar-refractivity contribution in [3.05, 3.63) is 66.2 Å². The summed E-state index contributed by atoms with van der Waals surface area (Å²) >= 11 is 0. The van der Waals surface area contributed by atoms with Crippen molar-refractivity contribution in [3.8, 4) is 11.5 Å². The predicted molar refractivity (Wildman–Crippen MR) is 131 cm³/mol. The molecule has 0 fully saturated rings.